The highest BCUT2D eigenvalue weighted by Gasteiger charge is 2.30. The summed E-state index contributed by atoms with van der Waals surface area (Å²) < 4.78 is 5.08. The van der Waals surface area contributed by atoms with E-state index < -0.39 is 11.2 Å². The van der Waals surface area contributed by atoms with Gasteiger partial charge in [0.1, 0.15) is 0 Å². The minimum absolute atomic E-state index is 0.0576. The van der Waals surface area contributed by atoms with Gasteiger partial charge in [0.15, 0.2) is 6.61 Å². The van der Waals surface area contributed by atoms with Crippen molar-refractivity contribution < 1.29 is 19.1 Å². The summed E-state index contributed by atoms with van der Waals surface area (Å²) in [7, 11) is 0. The van der Waals surface area contributed by atoms with E-state index in [1.807, 2.05) is 24.3 Å². The summed E-state index contributed by atoms with van der Waals surface area (Å²) in [6.45, 7) is 1.84. The molecule has 1 aromatic rings. The maximum atomic E-state index is 12.1. The van der Waals surface area contributed by atoms with Crippen molar-refractivity contribution in [1.29, 1.82) is 0 Å². The first kappa shape index (κ1) is 18.8. The molecule has 0 bridgehead atoms. The second-order valence-corrected chi connectivity index (χ2v) is 8.14. The third-order valence-electron chi connectivity index (χ3n) is 4.88. The van der Waals surface area contributed by atoms with Crippen LogP contribution in [0.4, 0.5) is 5.69 Å². The maximum absolute atomic E-state index is 12.1. The number of ether oxygens (including phenoxy) is 1. The smallest absolute Gasteiger partial charge is 0.307 e. The molecule has 6 nitrogen and oxygen atoms in total. The van der Waals surface area contributed by atoms with Crippen LogP contribution in [0.3, 0.4) is 0 Å². The van der Waals surface area contributed by atoms with Gasteiger partial charge in [-0.25, -0.2) is 0 Å². The Balaban J connectivity index is 1.44. The normalized spacial score (nSPS) is 25.0. The zero-order valence-corrected chi connectivity index (χ0v) is 15.6. The van der Waals surface area contributed by atoms with E-state index in [1.165, 1.54) is 18.2 Å². The molecule has 3 rings (SSSR count). The number of esters is 1. The number of carbonyl (C=O) groups excluding carboxylic acids is 3. The second kappa shape index (κ2) is 8.58. The number of hydrogen-bond acceptors (Lipinski definition) is 5. The van der Waals surface area contributed by atoms with E-state index >= 15 is 0 Å². The summed E-state index contributed by atoms with van der Waals surface area (Å²) in [5.41, 5.74) is 0.757. The average Bonchev–Trinajstić information content (AvgIpc) is 2.62. The number of rotatable bonds is 5. The maximum Gasteiger partial charge on any atom is 0.307 e. The lowest BCUT2D eigenvalue weighted by Crippen LogP contribution is -2.43. The quantitative estimate of drug-likeness (QED) is 0.772. The fourth-order valence-corrected chi connectivity index (χ4v) is 4.46. The van der Waals surface area contributed by atoms with Crippen LogP contribution in [0.25, 0.3) is 0 Å². The molecule has 1 heterocycles. The van der Waals surface area contributed by atoms with E-state index in [9.17, 15) is 14.4 Å². The fourth-order valence-electron chi connectivity index (χ4n) is 3.36. The van der Waals surface area contributed by atoms with Gasteiger partial charge in [0, 0.05) is 10.9 Å². The van der Waals surface area contributed by atoms with Crippen LogP contribution in [0.2, 0.25) is 0 Å². The van der Waals surface area contributed by atoms with Gasteiger partial charge in [-0.15, -0.1) is 11.8 Å². The molecule has 3 atom stereocenters. The topological polar surface area (TPSA) is 84.5 Å². The molecule has 1 aromatic carbocycles. The van der Waals surface area contributed by atoms with Gasteiger partial charge in [0.05, 0.1) is 17.4 Å². The van der Waals surface area contributed by atoms with Crippen molar-refractivity contribution in [3.8, 4) is 0 Å². The van der Waals surface area contributed by atoms with Crippen LogP contribution in [0.5, 0.6) is 0 Å². The molecule has 7 heteroatoms. The number of benzene rings is 1. The number of carbonyl (C=O) groups is 3. The number of anilines is 1. The van der Waals surface area contributed by atoms with Crippen LogP contribution >= 0.6 is 11.8 Å². The third kappa shape index (κ3) is 4.78. The molecule has 0 unspecified atom stereocenters. The number of hydrogen-bond donors (Lipinski definition) is 2. The first-order valence-corrected chi connectivity index (χ1v) is 9.92. The molecule has 2 N–H and O–H groups in total. The summed E-state index contributed by atoms with van der Waals surface area (Å²) in [6.07, 6.45) is 4.34. The number of amides is 2. The fraction of sp³-hybridized carbons (Fsp3) is 0.526. The number of nitrogens with one attached hydrogen (secondary N) is 2. The van der Waals surface area contributed by atoms with E-state index in [0.717, 1.165) is 29.8 Å². The van der Waals surface area contributed by atoms with Gasteiger partial charge in [0.2, 0.25) is 5.91 Å². The number of fused-ring (bicyclic) bond motifs is 1. The monoisotopic (exact) mass is 376 g/mol. The van der Waals surface area contributed by atoms with Gasteiger partial charge in [0.25, 0.3) is 5.91 Å². The lowest BCUT2D eigenvalue weighted by atomic mass is 9.86. The van der Waals surface area contributed by atoms with Crippen LogP contribution < -0.4 is 10.6 Å². The molecule has 2 amide bonds. The molecule has 1 saturated carbocycles. The molecule has 0 radical (unpaired) electrons. The van der Waals surface area contributed by atoms with Crippen molar-refractivity contribution in [3.63, 3.8) is 0 Å². The van der Waals surface area contributed by atoms with Crippen LogP contribution in [0, 0.1) is 5.92 Å². The Bertz CT molecular complexity index is 694. The Morgan fingerprint density at radius 1 is 1.27 bits per heavy atom. The summed E-state index contributed by atoms with van der Waals surface area (Å²) in [4.78, 5) is 37.1. The van der Waals surface area contributed by atoms with Gasteiger partial charge in [-0.3, -0.25) is 14.4 Å². The highest BCUT2D eigenvalue weighted by atomic mass is 32.2. The van der Waals surface area contributed by atoms with Crippen molar-refractivity contribution in [2.75, 3.05) is 11.9 Å². The second-order valence-electron chi connectivity index (χ2n) is 6.89. The Labute approximate surface area is 157 Å². The SMILES string of the molecule is C[C@@H]1CCCC[C@H]1NC(=O)COC(=O)C[C@H]1Sc2ccccc2NC1=O. The molecule has 2 aliphatic rings. The highest BCUT2D eigenvalue weighted by Crippen LogP contribution is 2.36. The van der Waals surface area contributed by atoms with Crippen molar-refractivity contribution in [1.82, 2.24) is 5.32 Å². The molecular weight excluding hydrogens is 352 g/mol. The molecule has 140 valence electrons. The van der Waals surface area contributed by atoms with E-state index in [1.54, 1.807) is 0 Å². The molecule has 1 fully saturated rings. The molecule has 0 spiro atoms. The van der Waals surface area contributed by atoms with Crippen LogP contribution in [-0.2, 0) is 19.1 Å². The summed E-state index contributed by atoms with van der Waals surface area (Å²) in [5, 5.41) is 5.20. The molecule has 0 saturated heterocycles. The number of thioether (sulfide) groups is 1. The Kier molecular flexibility index (Phi) is 6.19. The zero-order valence-electron chi connectivity index (χ0n) is 14.8. The Morgan fingerprint density at radius 3 is 2.85 bits per heavy atom. The van der Waals surface area contributed by atoms with Crippen molar-refractivity contribution in [3.05, 3.63) is 24.3 Å². The van der Waals surface area contributed by atoms with E-state index in [2.05, 4.69) is 17.6 Å². The van der Waals surface area contributed by atoms with Crippen LogP contribution in [0.15, 0.2) is 29.2 Å². The van der Waals surface area contributed by atoms with E-state index in [-0.39, 0.29) is 30.9 Å². The van der Waals surface area contributed by atoms with Gasteiger partial charge in [-0.05, 0) is 30.9 Å². The minimum atomic E-state index is -0.543. The summed E-state index contributed by atoms with van der Waals surface area (Å²) in [5.74, 6) is -0.580. The third-order valence-corrected chi connectivity index (χ3v) is 6.16. The Morgan fingerprint density at radius 2 is 2.04 bits per heavy atom. The highest BCUT2D eigenvalue weighted by molar-refractivity contribution is 8.01. The predicted molar refractivity (Wildman–Crippen MR) is 99.9 cm³/mol. The Hall–Kier alpha value is -2.02. The first-order valence-electron chi connectivity index (χ1n) is 9.04. The number of para-hydroxylation sites is 1. The van der Waals surface area contributed by atoms with Gasteiger partial charge >= 0.3 is 5.97 Å². The van der Waals surface area contributed by atoms with Crippen LogP contribution in [0.1, 0.15) is 39.0 Å². The minimum Gasteiger partial charge on any atom is -0.456 e. The first-order chi connectivity index (χ1) is 12.5. The molecule has 26 heavy (non-hydrogen) atoms. The van der Waals surface area contributed by atoms with Gasteiger partial charge in [-0.1, -0.05) is 31.9 Å². The van der Waals surface area contributed by atoms with Crippen molar-refractivity contribution in [2.24, 2.45) is 5.92 Å². The van der Waals surface area contributed by atoms with Gasteiger partial charge in [-0.2, -0.15) is 0 Å². The summed E-state index contributed by atoms with van der Waals surface area (Å²) in [6, 6.07) is 7.61. The molecule has 1 aliphatic carbocycles. The van der Waals surface area contributed by atoms with E-state index in [4.69, 9.17) is 4.74 Å². The van der Waals surface area contributed by atoms with Crippen LogP contribution in [-0.4, -0.2) is 35.7 Å². The van der Waals surface area contributed by atoms with Crippen molar-refractivity contribution >= 4 is 35.2 Å². The van der Waals surface area contributed by atoms with E-state index in [0.29, 0.717) is 5.92 Å². The predicted octanol–water partition coefficient (Wildman–Crippen LogP) is 2.73. The molecular formula is C19H24N2O4S. The standard InChI is InChI=1S/C19H24N2O4S/c1-12-6-2-3-7-13(12)20-17(22)11-25-18(23)10-16-19(24)21-14-8-4-5-9-15(14)26-16/h4-5,8-9,12-13,16H,2-3,6-7,10-11H2,1H3,(H,20,22)(H,21,24)/t12-,13-,16-/m1/s1. The summed E-state index contributed by atoms with van der Waals surface area (Å²) >= 11 is 1.34. The van der Waals surface area contributed by atoms with Crippen molar-refractivity contribution in [2.45, 2.75) is 55.2 Å². The zero-order chi connectivity index (χ0) is 18.5. The average molecular weight is 376 g/mol. The lowest BCUT2D eigenvalue weighted by Gasteiger charge is -2.29. The largest absolute Gasteiger partial charge is 0.456 e. The molecule has 1 aliphatic heterocycles. The lowest BCUT2D eigenvalue weighted by molar-refractivity contribution is -0.149. The molecule has 0 aromatic heterocycles. The van der Waals surface area contributed by atoms with Gasteiger partial charge < -0.3 is 15.4 Å².